The maximum absolute atomic E-state index is 13.4. The highest BCUT2D eigenvalue weighted by Gasteiger charge is 2.51. The van der Waals surface area contributed by atoms with Crippen LogP contribution in [0.4, 0.5) is 9.18 Å². The van der Waals surface area contributed by atoms with Gasteiger partial charge in [-0.2, -0.15) is 5.06 Å². The van der Waals surface area contributed by atoms with E-state index in [1.54, 1.807) is 19.1 Å². The van der Waals surface area contributed by atoms with E-state index in [-0.39, 0.29) is 31.1 Å². The number of nitrogens with zero attached hydrogens (tertiary/aromatic N) is 2. The molecule has 0 radical (unpaired) electrons. The molecule has 0 unspecified atom stereocenters. The van der Waals surface area contributed by atoms with E-state index in [0.717, 1.165) is 27.8 Å². The van der Waals surface area contributed by atoms with E-state index in [1.807, 2.05) is 48.5 Å². The lowest BCUT2D eigenvalue weighted by molar-refractivity contribution is -0.149. The molecule has 168 valence electrons. The summed E-state index contributed by atoms with van der Waals surface area (Å²) < 4.78 is 18.7. The van der Waals surface area contributed by atoms with E-state index in [4.69, 9.17) is 9.57 Å². The predicted octanol–water partition coefficient (Wildman–Crippen LogP) is 5.02. The second-order valence-corrected chi connectivity index (χ2v) is 8.04. The summed E-state index contributed by atoms with van der Waals surface area (Å²) in [7, 11) is 0. The van der Waals surface area contributed by atoms with Gasteiger partial charge >= 0.3 is 12.0 Å². The van der Waals surface area contributed by atoms with Crippen molar-refractivity contribution in [3.63, 3.8) is 0 Å². The van der Waals surface area contributed by atoms with Crippen LogP contribution in [0.3, 0.4) is 0 Å². The first-order chi connectivity index (χ1) is 16.1. The molecule has 2 amide bonds. The average molecular weight is 446 g/mol. The minimum absolute atomic E-state index is 0.220. The average Bonchev–Trinajstić information content (AvgIpc) is 3.11. The molecule has 2 aliphatic rings. The van der Waals surface area contributed by atoms with Crippen molar-refractivity contribution in [2.75, 3.05) is 13.2 Å². The van der Waals surface area contributed by atoms with E-state index in [1.165, 1.54) is 22.1 Å². The zero-order valence-electron chi connectivity index (χ0n) is 18.1. The van der Waals surface area contributed by atoms with Crippen molar-refractivity contribution >= 4 is 12.0 Å². The maximum atomic E-state index is 13.4. The Kier molecular flexibility index (Phi) is 5.56. The second-order valence-electron chi connectivity index (χ2n) is 8.04. The Hall–Kier alpha value is -3.71. The number of hydroxylamine groups is 2. The minimum Gasteiger partial charge on any atom is -0.464 e. The third kappa shape index (κ3) is 3.85. The Labute approximate surface area is 191 Å². The first-order valence-corrected chi connectivity index (χ1v) is 10.9. The molecule has 2 aliphatic heterocycles. The standard InChI is InChI=1S/C26H23FN2O4/c1-2-32-25(30)24-21-13-10-19(18-8-11-20(27)12-9-18)14-22(21)23-15-28(24)26(31)29(23)33-16-17-6-4-3-5-7-17/h3-14,23-24H,2,15-16H2,1H3/t23-,24+/m0/s1. The molecule has 33 heavy (non-hydrogen) atoms. The number of carbonyl (C=O) groups excluding carboxylic acids is 2. The highest BCUT2D eigenvalue weighted by molar-refractivity contribution is 5.88. The van der Waals surface area contributed by atoms with Crippen LogP contribution in [0.25, 0.3) is 11.1 Å². The number of urea groups is 1. The largest absolute Gasteiger partial charge is 0.464 e. The van der Waals surface area contributed by atoms with Crippen molar-refractivity contribution in [1.29, 1.82) is 0 Å². The smallest absolute Gasteiger partial charge is 0.345 e. The molecular weight excluding hydrogens is 423 g/mol. The van der Waals surface area contributed by atoms with Crippen LogP contribution in [0, 0.1) is 5.82 Å². The van der Waals surface area contributed by atoms with Crippen LogP contribution in [0.2, 0.25) is 0 Å². The summed E-state index contributed by atoms with van der Waals surface area (Å²) in [5.41, 5.74) is 4.19. The molecule has 1 fully saturated rings. The Morgan fingerprint density at radius 2 is 1.73 bits per heavy atom. The molecular formula is C26H23FN2O4. The number of esters is 1. The van der Waals surface area contributed by atoms with Crippen LogP contribution in [-0.4, -0.2) is 35.1 Å². The van der Waals surface area contributed by atoms with Crippen LogP contribution >= 0.6 is 0 Å². The van der Waals surface area contributed by atoms with Gasteiger partial charge in [-0.15, -0.1) is 0 Å². The number of carbonyl (C=O) groups is 2. The zero-order chi connectivity index (χ0) is 22.9. The number of ether oxygens (including phenoxy) is 1. The van der Waals surface area contributed by atoms with Gasteiger partial charge in [0.15, 0.2) is 6.04 Å². The van der Waals surface area contributed by atoms with Gasteiger partial charge in [-0.25, -0.2) is 14.0 Å². The number of hydrogen-bond acceptors (Lipinski definition) is 4. The molecule has 0 aromatic heterocycles. The monoisotopic (exact) mass is 446 g/mol. The van der Waals surface area contributed by atoms with Gasteiger partial charge in [0, 0.05) is 0 Å². The molecule has 5 rings (SSSR count). The van der Waals surface area contributed by atoms with Gasteiger partial charge in [0.05, 0.1) is 13.2 Å². The number of hydrogen-bond donors (Lipinski definition) is 0. The van der Waals surface area contributed by atoms with Gasteiger partial charge in [-0.3, -0.25) is 4.84 Å². The number of halogens is 1. The minimum atomic E-state index is -0.837. The lowest BCUT2D eigenvalue weighted by atomic mass is 9.88. The Bertz CT molecular complexity index is 1180. The molecule has 0 saturated carbocycles. The number of amides is 2. The van der Waals surface area contributed by atoms with Crippen LogP contribution in [-0.2, 0) is 21.0 Å². The van der Waals surface area contributed by atoms with E-state index in [0.29, 0.717) is 6.54 Å². The van der Waals surface area contributed by atoms with Crippen LogP contribution < -0.4 is 0 Å². The van der Waals surface area contributed by atoms with Gasteiger partial charge in [0.25, 0.3) is 0 Å². The molecule has 0 spiro atoms. The third-order valence-electron chi connectivity index (χ3n) is 6.04. The van der Waals surface area contributed by atoms with E-state index < -0.39 is 12.0 Å². The lowest BCUT2D eigenvalue weighted by Gasteiger charge is -2.31. The summed E-state index contributed by atoms with van der Waals surface area (Å²) in [4.78, 5) is 33.6. The summed E-state index contributed by atoms with van der Waals surface area (Å²) >= 11 is 0. The van der Waals surface area contributed by atoms with Gasteiger partial charge in [-0.1, -0.05) is 54.6 Å². The molecule has 0 aliphatic carbocycles. The molecule has 1 saturated heterocycles. The molecule has 6 nitrogen and oxygen atoms in total. The van der Waals surface area contributed by atoms with Crippen molar-refractivity contribution in [2.24, 2.45) is 0 Å². The van der Waals surface area contributed by atoms with Crippen LogP contribution in [0.1, 0.15) is 35.7 Å². The van der Waals surface area contributed by atoms with Crippen LogP contribution in [0.5, 0.6) is 0 Å². The molecule has 3 aromatic rings. The maximum Gasteiger partial charge on any atom is 0.345 e. The van der Waals surface area contributed by atoms with E-state index >= 15 is 0 Å². The van der Waals surface area contributed by atoms with Crippen molar-refractivity contribution < 1.29 is 23.6 Å². The van der Waals surface area contributed by atoms with Crippen molar-refractivity contribution in [1.82, 2.24) is 9.96 Å². The molecule has 7 heteroatoms. The summed E-state index contributed by atoms with van der Waals surface area (Å²) in [6.07, 6.45) is 0. The summed E-state index contributed by atoms with van der Waals surface area (Å²) in [6, 6.07) is 19.9. The SMILES string of the molecule is CCOC(=O)[C@H]1c2ccc(-c3ccc(F)cc3)cc2[C@@H]2CN1C(=O)N2OCc1ccccc1. The van der Waals surface area contributed by atoms with Gasteiger partial charge in [0.2, 0.25) is 0 Å². The van der Waals surface area contributed by atoms with Crippen molar-refractivity contribution in [2.45, 2.75) is 25.6 Å². The molecule has 2 atom stereocenters. The summed E-state index contributed by atoms with van der Waals surface area (Å²) in [5, 5.41) is 1.36. The molecule has 3 aromatic carbocycles. The van der Waals surface area contributed by atoms with E-state index in [2.05, 4.69) is 0 Å². The topological polar surface area (TPSA) is 59.1 Å². The van der Waals surface area contributed by atoms with Crippen LogP contribution in [0.15, 0.2) is 72.8 Å². The van der Waals surface area contributed by atoms with Gasteiger partial charge < -0.3 is 9.64 Å². The fraction of sp³-hybridized carbons (Fsp3) is 0.231. The van der Waals surface area contributed by atoms with Crippen molar-refractivity contribution in [3.8, 4) is 11.1 Å². The highest BCUT2D eigenvalue weighted by atomic mass is 19.1. The fourth-order valence-corrected chi connectivity index (χ4v) is 4.48. The first kappa shape index (κ1) is 21.2. The Morgan fingerprint density at radius 3 is 2.45 bits per heavy atom. The summed E-state index contributed by atoms with van der Waals surface area (Å²) in [5.74, 6) is -0.776. The van der Waals surface area contributed by atoms with Gasteiger partial charge in [0.1, 0.15) is 18.5 Å². The number of fused-ring (bicyclic) bond motifs is 4. The highest BCUT2D eigenvalue weighted by Crippen LogP contribution is 2.45. The molecule has 2 heterocycles. The third-order valence-corrected chi connectivity index (χ3v) is 6.04. The Balaban J connectivity index is 1.53. The number of rotatable bonds is 6. The Morgan fingerprint density at radius 1 is 1.00 bits per heavy atom. The normalized spacial score (nSPS) is 18.9. The van der Waals surface area contributed by atoms with Crippen molar-refractivity contribution in [3.05, 3.63) is 95.3 Å². The lowest BCUT2D eigenvalue weighted by Crippen LogP contribution is -2.39. The predicted molar refractivity (Wildman–Crippen MR) is 119 cm³/mol. The first-order valence-electron chi connectivity index (χ1n) is 10.9. The van der Waals surface area contributed by atoms with E-state index in [9.17, 15) is 14.0 Å². The molecule has 0 N–H and O–H groups in total. The fourth-order valence-electron chi connectivity index (χ4n) is 4.48. The second kappa shape index (κ2) is 8.67. The van der Waals surface area contributed by atoms with Gasteiger partial charge in [-0.05, 0) is 52.9 Å². The molecule has 2 bridgehead atoms. The number of benzene rings is 3. The quantitative estimate of drug-likeness (QED) is 0.499. The summed E-state index contributed by atoms with van der Waals surface area (Å²) in [6.45, 7) is 2.51. The zero-order valence-corrected chi connectivity index (χ0v) is 18.1.